The third-order valence-corrected chi connectivity index (χ3v) is 7.59. The first kappa shape index (κ1) is 12.8. The summed E-state index contributed by atoms with van der Waals surface area (Å²) in [4.78, 5) is 0. The molecule has 3 heteroatoms. The van der Waals surface area contributed by atoms with Crippen molar-refractivity contribution in [2.45, 2.75) is 50.9 Å². The van der Waals surface area contributed by atoms with Gasteiger partial charge in [0.1, 0.15) is 5.60 Å². The molecule has 0 atom stereocenters. The molecule has 2 aliphatic heterocycles. The summed E-state index contributed by atoms with van der Waals surface area (Å²) >= 11 is 0. The third kappa shape index (κ3) is 2.57. The predicted molar refractivity (Wildman–Crippen MR) is 80.1 cm³/mol. The normalized spacial score (nSPS) is 23.7. The van der Waals surface area contributed by atoms with Gasteiger partial charge in [0, 0.05) is 12.0 Å². The van der Waals surface area contributed by atoms with Crippen molar-refractivity contribution in [1.82, 2.24) is 0 Å². The van der Waals surface area contributed by atoms with Gasteiger partial charge < -0.3 is 9.16 Å². The van der Waals surface area contributed by atoms with E-state index in [4.69, 9.17) is 9.16 Å². The Kier molecular flexibility index (Phi) is 2.97. The van der Waals surface area contributed by atoms with Crippen LogP contribution in [0.15, 0.2) is 36.3 Å². The van der Waals surface area contributed by atoms with Crippen LogP contribution in [-0.4, -0.2) is 13.9 Å². The summed E-state index contributed by atoms with van der Waals surface area (Å²) in [5.41, 5.74) is 2.33. The Morgan fingerprint density at radius 1 is 1.16 bits per heavy atom. The Balaban J connectivity index is 1.91. The highest BCUT2D eigenvalue weighted by atomic mass is 28.4. The van der Waals surface area contributed by atoms with Gasteiger partial charge in [-0.2, -0.15) is 0 Å². The van der Waals surface area contributed by atoms with Crippen molar-refractivity contribution >= 4 is 13.9 Å². The van der Waals surface area contributed by atoms with Gasteiger partial charge in [-0.05, 0) is 38.0 Å². The summed E-state index contributed by atoms with van der Waals surface area (Å²) in [6.07, 6.45) is 2.25. The van der Waals surface area contributed by atoms with Gasteiger partial charge in [-0.25, -0.2) is 0 Å². The summed E-state index contributed by atoms with van der Waals surface area (Å²) in [6, 6.07) is 13.0. The van der Waals surface area contributed by atoms with Crippen LogP contribution in [0, 0.1) is 0 Å². The Morgan fingerprint density at radius 3 is 2.42 bits per heavy atom. The molecule has 0 spiro atoms. The zero-order valence-corrected chi connectivity index (χ0v) is 13.0. The van der Waals surface area contributed by atoms with Gasteiger partial charge in [-0.1, -0.05) is 36.8 Å². The molecule has 0 radical (unpaired) electrons. The monoisotopic (exact) mass is 274 g/mol. The first-order valence-electron chi connectivity index (χ1n) is 7.14. The molecule has 2 aliphatic rings. The molecule has 1 saturated heterocycles. The van der Waals surface area contributed by atoms with Crippen LogP contribution < -0.4 is 0 Å². The van der Waals surface area contributed by atoms with E-state index in [2.05, 4.69) is 44.7 Å². The van der Waals surface area contributed by atoms with E-state index in [0.717, 1.165) is 12.4 Å². The van der Waals surface area contributed by atoms with Crippen molar-refractivity contribution in [3.63, 3.8) is 0 Å². The summed E-state index contributed by atoms with van der Waals surface area (Å²) < 4.78 is 12.4. The van der Waals surface area contributed by atoms with E-state index in [1.165, 1.54) is 29.6 Å². The molecule has 0 aromatic heterocycles. The quantitative estimate of drug-likeness (QED) is 0.753. The second-order valence-electron chi connectivity index (χ2n) is 6.58. The van der Waals surface area contributed by atoms with Crippen LogP contribution in [0.25, 0.3) is 5.57 Å². The molecular weight excluding hydrogens is 252 g/mol. The molecular formula is C16H22O2Si. The van der Waals surface area contributed by atoms with Gasteiger partial charge in [0.2, 0.25) is 0 Å². The molecule has 1 fully saturated rings. The lowest BCUT2D eigenvalue weighted by Crippen LogP contribution is -2.41. The SMILES string of the molecule is CC1(C)CC(c2ccccc2)=C(O[Si]2(C)CCC2)O1. The molecule has 0 saturated carbocycles. The lowest BCUT2D eigenvalue weighted by Gasteiger charge is -2.36. The van der Waals surface area contributed by atoms with E-state index < -0.39 is 8.32 Å². The Bertz CT molecular complexity index is 501. The number of rotatable bonds is 3. The molecule has 0 unspecified atom stereocenters. The van der Waals surface area contributed by atoms with Crippen LogP contribution in [0.5, 0.6) is 0 Å². The molecule has 0 bridgehead atoms. The van der Waals surface area contributed by atoms with E-state index in [1.807, 2.05) is 6.07 Å². The number of ether oxygens (including phenoxy) is 1. The topological polar surface area (TPSA) is 18.5 Å². The molecule has 2 heterocycles. The Morgan fingerprint density at radius 2 is 1.84 bits per heavy atom. The van der Waals surface area contributed by atoms with E-state index in [1.54, 1.807) is 0 Å². The summed E-state index contributed by atoms with van der Waals surface area (Å²) in [6.45, 7) is 6.59. The summed E-state index contributed by atoms with van der Waals surface area (Å²) in [5, 5.41) is 0. The molecule has 19 heavy (non-hydrogen) atoms. The maximum absolute atomic E-state index is 6.33. The van der Waals surface area contributed by atoms with Crippen molar-refractivity contribution in [2.24, 2.45) is 0 Å². The third-order valence-electron chi connectivity index (χ3n) is 4.09. The second-order valence-corrected chi connectivity index (χ2v) is 10.7. The number of hydrogen-bond acceptors (Lipinski definition) is 2. The fourth-order valence-electron chi connectivity index (χ4n) is 2.79. The van der Waals surface area contributed by atoms with Crippen LogP contribution in [0.2, 0.25) is 18.6 Å². The second kappa shape index (κ2) is 4.41. The maximum Gasteiger partial charge on any atom is 0.269 e. The van der Waals surface area contributed by atoms with Crippen molar-refractivity contribution in [2.75, 3.05) is 0 Å². The van der Waals surface area contributed by atoms with Crippen molar-refractivity contribution < 1.29 is 9.16 Å². The van der Waals surface area contributed by atoms with Crippen LogP contribution in [0.1, 0.15) is 32.3 Å². The minimum absolute atomic E-state index is 0.144. The smallest absolute Gasteiger partial charge is 0.269 e. The van der Waals surface area contributed by atoms with Crippen LogP contribution in [0.4, 0.5) is 0 Å². The first-order chi connectivity index (χ1) is 8.98. The van der Waals surface area contributed by atoms with E-state index >= 15 is 0 Å². The first-order valence-corrected chi connectivity index (χ1v) is 9.96. The number of benzene rings is 1. The molecule has 1 aromatic carbocycles. The fraction of sp³-hybridized carbons (Fsp3) is 0.500. The molecule has 0 N–H and O–H groups in total. The van der Waals surface area contributed by atoms with E-state index in [-0.39, 0.29) is 5.60 Å². The zero-order chi connectivity index (χ0) is 13.5. The van der Waals surface area contributed by atoms with E-state index in [0.29, 0.717) is 0 Å². The average Bonchev–Trinajstić information content (AvgIpc) is 2.63. The average molecular weight is 274 g/mol. The highest BCUT2D eigenvalue weighted by molar-refractivity contribution is 6.75. The van der Waals surface area contributed by atoms with Crippen LogP contribution in [-0.2, 0) is 9.16 Å². The van der Waals surface area contributed by atoms with Crippen molar-refractivity contribution in [3.8, 4) is 0 Å². The molecule has 1 aromatic rings. The van der Waals surface area contributed by atoms with E-state index in [9.17, 15) is 0 Å². The minimum atomic E-state index is -1.48. The minimum Gasteiger partial charge on any atom is -0.519 e. The Labute approximate surface area is 116 Å². The summed E-state index contributed by atoms with van der Waals surface area (Å²) in [5.74, 6) is 0.810. The van der Waals surface area contributed by atoms with Crippen LogP contribution >= 0.6 is 0 Å². The molecule has 3 rings (SSSR count). The predicted octanol–water partition coefficient (Wildman–Crippen LogP) is 4.55. The lowest BCUT2D eigenvalue weighted by atomic mass is 9.96. The van der Waals surface area contributed by atoms with Gasteiger partial charge in [-0.15, -0.1) is 0 Å². The van der Waals surface area contributed by atoms with Crippen molar-refractivity contribution in [3.05, 3.63) is 41.8 Å². The molecule has 0 amide bonds. The fourth-order valence-corrected chi connectivity index (χ4v) is 4.95. The maximum atomic E-state index is 6.33. The van der Waals surface area contributed by atoms with Gasteiger partial charge in [0.05, 0.1) is 0 Å². The molecule has 0 aliphatic carbocycles. The van der Waals surface area contributed by atoms with Crippen LogP contribution in [0.3, 0.4) is 0 Å². The highest BCUT2D eigenvalue weighted by Crippen LogP contribution is 2.43. The Hall–Kier alpha value is -1.22. The van der Waals surface area contributed by atoms with Gasteiger partial charge in [0.15, 0.2) is 0 Å². The molecule has 102 valence electrons. The largest absolute Gasteiger partial charge is 0.519 e. The van der Waals surface area contributed by atoms with Gasteiger partial charge in [-0.3, -0.25) is 0 Å². The zero-order valence-electron chi connectivity index (χ0n) is 12.0. The lowest BCUT2D eigenvalue weighted by molar-refractivity contribution is 0.00386. The number of hydrogen-bond donors (Lipinski definition) is 0. The van der Waals surface area contributed by atoms with Gasteiger partial charge in [0.25, 0.3) is 14.3 Å². The van der Waals surface area contributed by atoms with Crippen molar-refractivity contribution in [1.29, 1.82) is 0 Å². The molecule has 2 nitrogen and oxygen atoms in total. The summed E-state index contributed by atoms with van der Waals surface area (Å²) in [7, 11) is -1.48. The highest BCUT2D eigenvalue weighted by Gasteiger charge is 2.43. The standard InChI is InChI=1S/C16H22O2Si/c1-16(2)12-14(13-8-5-4-6-9-13)15(17-16)18-19(3)10-7-11-19/h4-6,8-9H,7,10-12H2,1-3H3. The van der Waals surface area contributed by atoms with Gasteiger partial charge >= 0.3 is 0 Å².